The number of para-hydroxylation sites is 2. The molecule has 1 aromatic carbocycles. The summed E-state index contributed by atoms with van der Waals surface area (Å²) in [4.78, 5) is 32.8. The Balaban J connectivity index is 1.68. The third kappa shape index (κ3) is 4.11. The van der Waals surface area contributed by atoms with Gasteiger partial charge in [-0.25, -0.2) is 4.98 Å². The van der Waals surface area contributed by atoms with E-state index >= 15 is 0 Å². The molecule has 0 unspecified atom stereocenters. The second-order valence-electron chi connectivity index (χ2n) is 7.88. The summed E-state index contributed by atoms with van der Waals surface area (Å²) in [6.07, 6.45) is 1.15. The topological polar surface area (TPSA) is 64.4 Å². The third-order valence-electron chi connectivity index (χ3n) is 5.32. The molecule has 1 aliphatic rings. The van der Waals surface area contributed by atoms with Crippen molar-refractivity contribution in [3.05, 3.63) is 46.1 Å². The summed E-state index contributed by atoms with van der Waals surface area (Å²) in [6, 6.07) is 9.21. The van der Waals surface area contributed by atoms with Crippen LogP contribution in [0.1, 0.15) is 20.3 Å². The van der Waals surface area contributed by atoms with Gasteiger partial charge >= 0.3 is 0 Å². The van der Waals surface area contributed by atoms with Gasteiger partial charge in [-0.2, -0.15) is 0 Å². The fourth-order valence-corrected chi connectivity index (χ4v) is 5.77. The zero-order valence-electron chi connectivity index (χ0n) is 17.3. The number of rotatable bonds is 5. The lowest BCUT2D eigenvalue weighted by atomic mass is 9.92. The Morgan fingerprint density at radius 3 is 2.70 bits per heavy atom. The quantitative estimate of drug-likeness (QED) is 0.440. The number of hydrogen-bond acceptors (Lipinski definition) is 6. The molecule has 1 fully saturated rings. The molecule has 30 heavy (non-hydrogen) atoms. The highest BCUT2D eigenvalue weighted by molar-refractivity contribution is 7.99. The maximum Gasteiger partial charge on any atom is 0.276 e. The third-order valence-corrected chi connectivity index (χ3v) is 7.14. The Bertz CT molecular complexity index is 1110. The van der Waals surface area contributed by atoms with E-state index in [0.29, 0.717) is 38.6 Å². The number of nitrogens with zero attached hydrogens (tertiary/aromatic N) is 3. The van der Waals surface area contributed by atoms with Crippen LogP contribution in [-0.2, 0) is 4.79 Å². The molecular weight excluding hydrogens is 418 g/mol. The number of carbonyl (C=O) groups excluding carboxylic acids is 1. The first-order valence-electron chi connectivity index (χ1n) is 10.0. The molecule has 1 aliphatic heterocycles. The number of benzene rings is 1. The number of hydrogen-bond donors (Lipinski definition) is 0. The number of methoxy groups -OCH3 is 1. The molecule has 3 aromatic rings. The van der Waals surface area contributed by atoms with Crippen LogP contribution in [0.25, 0.3) is 15.9 Å². The van der Waals surface area contributed by atoms with Crippen LogP contribution in [-0.4, -0.2) is 46.3 Å². The van der Waals surface area contributed by atoms with E-state index in [2.05, 4.69) is 13.8 Å². The van der Waals surface area contributed by atoms with Gasteiger partial charge in [0.1, 0.15) is 10.4 Å². The Morgan fingerprint density at radius 2 is 1.97 bits per heavy atom. The van der Waals surface area contributed by atoms with Crippen molar-refractivity contribution in [1.29, 1.82) is 0 Å². The molecule has 158 valence electrons. The van der Waals surface area contributed by atoms with Gasteiger partial charge in [0.15, 0.2) is 5.16 Å². The van der Waals surface area contributed by atoms with Gasteiger partial charge in [-0.3, -0.25) is 14.2 Å². The van der Waals surface area contributed by atoms with Crippen LogP contribution in [0.15, 0.2) is 45.7 Å². The van der Waals surface area contributed by atoms with Gasteiger partial charge < -0.3 is 9.64 Å². The van der Waals surface area contributed by atoms with Crippen LogP contribution >= 0.6 is 23.1 Å². The van der Waals surface area contributed by atoms with E-state index in [9.17, 15) is 9.59 Å². The summed E-state index contributed by atoms with van der Waals surface area (Å²) in [7, 11) is 1.58. The first kappa shape index (κ1) is 20.9. The maximum absolute atomic E-state index is 13.3. The Morgan fingerprint density at radius 1 is 1.23 bits per heavy atom. The van der Waals surface area contributed by atoms with Gasteiger partial charge in [0.2, 0.25) is 5.91 Å². The second kappa shape index (κ2) is 8.81. The molecule has 1 amide bonds. The van der Waals surface area contributed by atoms with E-state index in [1.54, 1.807) is 11.7 Å². The van der Waals surface area contributed by atoms with E-state index in [1.807, 2.05) is 40.6 Å². The number of fused-ring (bicyclic) bond motifs is 1. The van der Waals surface area contributed by atoms with Crippen molar-refractivity contribution < 1.29 is 9.53 Å². The molecule has 8 heteroatoms. The number of carbonyl (C=O) groups is 1. The molecule has 0 saturated carbocycles. The van der Waals surface area contributed by atoms with Crippen molar-refractivity contribution >= 4 is 39.2 Å². The molecule has 0 N–H and O–H groups in total. The van der Waals surface area contributed by atoms with Crippen molar-refractivity contribution in [2.75, 3.05) is 26.0 Å². The smallest absolute Gasteiger partial charge is 0.276 e. The minimum Gasteiger partial charge on any atom is -0.495 e. The lowest BCUT2D eigenvalue weighted by molar-refractivity contribution is -0.130. The van der Waals surface area contributed by atoms with Gasteiger partial charge in [-0.15, -0.1) is 11.3 Å². The number of thiophene rings is 1. The van der Waals surface area contributed by atoms with Crippen LogP contribution in [0.4, 0.5) is 0 Å². The predicted octanol–water partition coefficient (Wildman–Crippen LogP) is 4.05. The standard InChI is InChI=1S/C22H25N3O3S2/c1-14-10-15(2)12-24(11-14)19(26)13-30-22-23-16-8-9-29-20(16)21(27)25(22)17-6-4-5-7-18(17)28-3/h4-9,14-15H,10-13H2,1-3H3/t14-,15-/m0/s1. The first-order chi connectivity index (χ1) is 14.5. The molecule has 0 aliphatic carbocycles. The van der Waals surface area contributed by atoms with Gasteiger partial charge in [-0.05, 0) is 41.8 Å². The summed E-state index contributed by atoms with van der Waals surface area (Å²) in [5.74, 6) is 1.94. The monoisotopic (exact) mass is 443 g/mol. The van der Waals surface area contributed by atoms with Gasteiger partial charge in [0, 0.05) is 13.1 Å². The number of piperidine rings is 1. The summed E-state index contributed by atoms with van der Waals surface area (Å²) in [5, 5.41) is 2.36. The van der Waals surface area contributed by atoms with Crippen molar-refractivity contribution in [3.8, 4) is 11.4 Å². The number of likely N-dealkylation sites (tertiary alicyclic amines) is 1. The zero-order valence-corrected chi connectivity index (χ0v) is 19.0. The first-order valence-corrected chi connectivity index (χ1v) is 11.9. The Labute approximate surface area is 183 Å². The largest absolute Gasteiger partial charge is 0.495 e. The van der Waals surface area contributed by atoms with Gasteiger partial charge in [0.25, 0.3) is 5.56 Å². The van der Waals surface area contributed by atoms with E-state index in [4.69, 9.17) is 9.72 Å². The normalized spacial score (nSPS) is 19.2. The molecule has 1 saturated heterocycles. The zero-order chi connectivity index (χ0) is 21.3. The average molecular weight is 444 g/mol. The lowest BCUT2D eigenvalue weighted by Gasteiger charge is -2.35. The number of thioether (sulfide) groups is 1. The molecule has 0 bridgehead atoms. The molecule has 0 radical (unpaired) electrons. The highest BCUT2D eigenvalue weighted by atomic mass is 32.2. The van der Waals surface area contributed by atoms with Gasteiger partial charge in [0.05, 0.1) is 24.1 Å². The molecule has 2 aromatic heterocycles. The molecular formula is C22H25N3O3S2. The van der Waals surface area contributed by atoms with Crippen molar-refractivity contribution in [3.63, 3.8) is 0 Å². The Hall–Kier alpha value is -2.32. The second-order valence-corrected chi connectivity index (χ2v) is 9.73. The maximum atomic E-state index is 13.3. The average Bonchev–Trinajstić information content (AvgIpc) is 3.20. The highest BCUT2D eigenvalue weighted by Gasteiger charge is 2.26. The van der Waals surface area contributed by atoms with E-state index in [0.717, 1.165) is 19.5 Å². The van der Waals surface area contributed by atoms with Crippen LogP contribution in [0.2, 0.25) is 0 Å². The molecule has 4 rings (SSSR count). The SMILES string of the molecule is COc1ccccc1-n1c(SCC(=O)N2C[C@@H](C)C[C@H](C)C2)nc2ccsc2c1=O. The summed E-state index contributed by atoms with van der Waals surface area (Å²) < 4.78 is 7.64. The molecule has 3 heterocycles. The van der Waals surface area contributed by atoms with E-state index in [1.165, 1.54) is 23.1 Å². The van der Waals surface area contributed by atoms with Crippen molar-refractivity contribution in [2.45, 2.75) is 25.4 Å². The highest BCUT2D eigenvalue weighted by Crippen LogP contribution is 2.29. The number of aromatic nitrogens is 2. The van der Waals surface area contributed by atoms with E-state index in [-0.39, 0.29) is 17.2 Å². The summed E-state index contributed by atoms with van der Waals surface area (Å²) in [6.45, 7) is 5.96. The Kier molecular flexibility index (Phi) is 6.15. The van der Waals surface area contributed by atoms with Crippen LogP contribution < -0.4 is 10.3 Å². The predicted molar refractivity (Wildman–Crippen MR) is 122 cm³/mol. The van der Waals surface area contributed by atoms with Gasteiger partial charge in [-0.1, -0.05) is 37.7 Å². The van der Waals surface area contributed by atoms with Crippen molar-refractivity contribution in [1.82, 2.24) is 14.5 Å². The molecule has 2 atom stereocenters. The minimum atomic E-state index is -0.144. The summed E-state index contributed by atoms with van der Waals surface area (Å²) >= 11 is 2.68. The fraction of sp³-hybridized carbons (Fsp3) is 0.409. The minimum absolute atomic E-state index is 0.0876. The number of amides is 1. The van der Waals surface area contributed by atoms with E-state index < -0.39 is 0 Å². The summed E-state index contributed by atoms with van der Waals surface area (Å²) in [5.41, 5.74) is 1.14. The van der Waals surface area contributed by atoms with Crippen LogP contribution in [0.3, 0.4) is 0 Å². The van der Waals surface area contributed by atoms with Crippen LogP contribution in [0.5, 0.6) is 5.75 Å². The van der Waals surface area contributed by atoms with Crippen LogP contribution in [0, 0.1) is 11.8 Å². The fourth-order valence-electron chi connectivity index (χ4n) is 4.10. The molecule has 6 nitrogen and oxygen atoms in total. The lowest BCUT2D eigenvalue weighted by Crippen LogP contribution is -2.43. The van der Waals surface area contributed by atoms with Crippen molar-refractivity contribution in [2.24, 2.45) is 11.8 Å². The number of ether oxygens (including phenoxy) is 1. The molecule has 0 spiro atoms.